The van der Waals surface area contributed by atoms with Crippen LogP contribution < -0.4 is 5.32 Å². The second kappa shape index (κ2) is 8.69. The summed E-state index contributed by atoms with van der Waals surface area (Å²) in [6, 6.07) is 5.85. The molecule has 0 unspecified atom stereocenters. The Kier molecular flexibility index (Phi) is 6.80. The first kappa shape index (κ1) is 21.1. The summed E-state index contributed by atoms with van der Waals surface area (Å²) in [6.07, 6.45) is -0.412. The van der Waals surface area contributed by atoms with Gasteiger partial charge in [-0.15, -0.1) is 0 Å². The SMILES string of the molecule is O=C(O)C(F)(F)F.O=C(c1ccc(F)cc1)N1CCC2(CCCNC2)CC1. The molecule has 2 aliphatic heterocycles. The Balaban J connectivity index is 0.000000321. The number of likely N-dealkylation sites (tertiary alicyclic amines) is 1. The van der Waals surface area contributed by atoms with Crippen LogP contribution in [0.15, 0.2) is 24.3 Å². The Morgan fingerprint density at radius 1 is 1.07 bits per heavy atom. The predicted octanol–water partition coefficient (Wildman–Crippen LogP) is 3.06. The molecule has 1 aromatic rings. The first-order valence-electron chi connectivity index (χ1n) is 8.69. The number of piperidine rings is 2. The number of amides is 1. The summed E-state index contributed by atoms with van der Waals surface area (Å²) in [6.45, 7) is 3.85. The number of hydrogen-bond donors (Lipinski definition) is 2. The summed E-state index contributed by atoms with van der Waals surface area (Å²) in [4.78, 5) is 23.2. The van der Waals surface area contributed by atoms with Gasteiger partial charge in [0.05, 0.1) is 0 Å². The monoisotopic (exact) mass is 390 g/mol. The van der Waals surface area contributed by atoms with Gasteiger partial charge in [-0.1, -0.05) is 0 Å². The quantitative estimate of drug-likeness (QED) is 0.724. The number of carboxylic acids is 1. The van der Waals surface area contributed by atoms with Gasteiger partial charge < -0.3 is 15.3 Å². The fourth-order valence-corrected chi connectivity index (χ4v) is 3.42. The van der Waals surface area contributed by atoms with E-state index in [0.29, 0.717) is 11.0 Å². The highest BCUT2D eigenvalue weighted by Gasteiger charge is 2.38. The molecule has 27 heavy (non-hydrogen) atoms. The van der Waals surface area contributed by atoms with Crippen LogP contribution in [0.4, 0.5) is 17.6 Å². The van der Waals surface area contributed by atoms with Crippen molar-refractivity contribution in [3.63, 3.8) is 0 Å². The average Bonchev–Trinajstić information content (AvgIpc) is 2.63. The summed E-state index contributed by atoms with van der Waals surface area (Å²) in [7, 11) is 0. The number of hydrogen-bond acceptors (Lipinski definition) is 3. The zero-order chi connectivity index (χ0) is 20.1. The Labute approximate surface area is 154 Å². The van der Waals surface area contributed by atoms with Gasteiger partial charge in [0, 0.05) is 25.2 Å². The highest BCUT2D eigenvalue weighted by atomic mass is 19.4. The summed E-state index contributed by atoms with van der Waals surface area (Å²) >= 11 is 0. The normalized spacial score (nSPS) is 19.2. The van der Waals surface area contributed by atoms with Gasteiger partial charge in [0.15, 0.2) is 0 Å². The van der Waals surface area contributed by atoms with Gasteiger partial charge >= 0.3 is 12.1 Å². The van der Waals surface area contributed by atoms with Gasteiger partial charge in [0.2, 0.25) is 0 Å². The van der Waals surface area contributed by atoms with E-state index in [0.717, 1.165) is 39.0 Å². The van der Waals surface area contributed by atoms with Crippen LogP contribution in [0.5, 0.6) is 0 Å². The number of benzene rings is 1. The molecule has 0 aliphatic carbocycles. The number of alkyl halides is 3. The van der Waals surface area contributed by atoms with E-state index >= 15 is 0 Å². The summed E-state index contributed by atoms with van der Waals surface area (Å²) < 4.78 is 44.6. The highest BCUT2D eigenvalue weighted by Crippen LogP contribution is 2.37. The van der Waals surface area contributed by atoms with Crippen molar-refractivity contribution in [3.05, 3.63) is 35.6 Å². The molecule has 1 spiro atoms. The molecule has 2 saturated heterocycles. The van der Waals surface area contributed by atoms with Crippen LogP contribution >= 0.6 is 0 Å². The average molecular weight is 390 g/mol. The van der Waals surface area contributed by atoms with E-state index < -0.39 is 12.1 Å². The molecule has 9 heteroatoms. The van der Waals surface area contributed by atoms with Crippen LogP contribution in [-0.2, 0) is 4.79 Å². The number of nitrogens with zero attached hydrogens (tertiary/aromatic N) is 1. The van der Waals surface area contributed by atoms with Crippen molar-refractivity contribution in [2.45, 2.75) is 31.9 Å². The van der Waals surface area contributed by atoms with Crippen molar-refractivity contribution in [3.8, 4) is 0 Å². The van der Waals surface area contributed by atoms with Gasteiger partial charge in [0.25, 0.3) is 5.91 Å². The van der Waals surface area contributed by atoms with Crippen LogP contribution in [0.25, 0.3) is 0 Å². The molecule has 2 fully saturated rings. The molecule has 0 radical (unpaired) electrons. The molecular weight excluding hydrogens is 368 g/mol. The lowest BCUT2D eigenvalue weighted by Crippen LogP contribution is -2.49. The van der Waals surface area contributed by atoms with Crippen molar-refractivity contribution >= 4 is 11.9 Å². The number of rotatable bonds is 1. The predicted molar refractivity (Wildman–Crippen MR) is 89.8 cm³/mol. The van der Waals surface area contributed by atoms with Crippen LogP contribution in [0.3, 0.4) is 0 Å². The molecule has 1 amide bonds. The minimum Gasteiger partial charge on any atom is -0.475 e. The van der Waals surface area contributed by atoms with Crippen LogP contribution in [0, 0.1) is 11.2 Å². The van der Waals surface area contributed by atoms with Gasteiger partial charge in [0.1, 0.15) is 5.82 Å². The van der Waals surface area contributed by atoms with Crippen molar-refractivity contribution in [1.29, 1.82) is 0 Å². The fourth-order valence-electron chi connectivity index (χ4n) is 3.42. The Morgan fingerprint density at radius 2 is 1.63 bits per heavy atom. The molecular formula is C18H22F4N2O3. The number of carboxylic acid groups (broad SMARTS) is 1. The van der Waals surface area contributed by atoms with Crippen molar-refractivity contribution in [2.75, 3.05) is 26.2 Å². The summed E-state index contributed by atoms with van der Waals surface area (Å²) in [5.74, 6) is -3.02. The van der Waals surface area contributed by atoms with Gasteiger partial charge in [-0.2, -0.15) is 13.2 Å². The molecule has 2 heterocycles. The zero-order valence-corrected chi connectivity index (χ0v) is 14.7. The molecule has 2 aliphatic rings. The molecule has 0 bridgehead atoms. The lowest BCUT2D eigenvalue weighted by atomic mass is 9.73. The molecule has 3 rings (SSSR count). The van der Waals surface area contributed by atoms with E-state index in [-0.39, 0.29) is 11.7 Å². The maximum atomic E-state index is 12.9. The van der Waals surface area contributed by atoms with Crippen molar-refractivity contribution in [2.24, 2.45) is 5.41 Å². The van der Waals surface area contributed by atoms with Gasteiger partial charge in [-0.3, -0.25) is 4.79 Å². The molecule has 0 atom stereocenters. The van der Waals surface area contributed by atoms with E-state index in [1.54, 1.807) is 12.1 Å². The first-order valence-corrected chi connectivity index (χ1v) is 8.69. The molecule has 2 N–H and O–H groups in total. The first-order chi connectivity index (χ1) is 12.6. The Hall–Kier alpha value is -2.16. The highest BCUT2D eigenvalue weighted by molar-refractivity contribution is 5.94. The van der Waals surface area contributed by atoms with Crippen LogP contribution in [-0.4, -0.2) is 54.2 Å². The Bertz CT molecular complexity index is 646. The summed E-state index contributed by atoms with van der Waals surface area (Å²) in [5.41, 5.74) is 0.988. The van der Waals surface area contributed by atoms with E-state index in [9.17, 15) is 22.4 Å². The lowest BCUT2D eigenvalue weighted by molar-refractivity contribution is -0.192. The van der Waals surface area contributed by atoms with E-state index in [1.807, 2.05) is 4.90 Å². The minimum absolute atomic E-state index is 0.0311. The van der Waals surface area contributed by atoms with Crippen molar-refractivity contribution in [1.82, 2.24) is 10.2 Å². The third-order valence-corrected chi connectivity index (χ3v) is 5.01. The summed E-state index contributed by atoms with van der Waals surface area (Å²) in [5, 5.41) is 10.6. The third kappa shape index (κ3) is 5.92. The number of halogens is 4. The number of carbonyl (C=O) groups excluding carboxylic acids is 1. The smallest absolute Gasteiger partial charge is 0.475 e. The van der Waals surface area contributed by atoms with Crippen LogP contribution in [0.1, 0.15) is 36.0 Å². The molecule has 5 nitrogen and oxygen atoms in total. The largest absolute Gasteiger partial charge is 0.490 e. The van der Waals surface area contributed by atoms with Gasteiger partial charge in [-0.05, 0) is 61.9 Å². The maximum absolute atomic E-state index is 12.9. The second-order valence-corrected chi connectivity index (χ2v) is 6.88. The zero-order valence-electron chi connectivity index (χ0n) is 14.7. The fraction of sp³-hybridized carbons (Fsp3) is 0.556. The number of carbonyl (C=O) groups is 2. The molecule has 0 aromatic heterocycles. The minimum atomic E-state index is -5.08. The lowest BCUT2D eigenvalue weighted by Gasteiger charge is -2.44. The van der Waals surface area contributed by atoms with Crippen molar-refractivity contribution < 1.29 is 32.3 Å². The Morgan fingerprint density at radius 3 is 2.07 bits per heavy atom. The van der Waals surface area contributed by atoms with E-state index in [1.165, 1.54) is 25.0 Å². The molecule has 0 saturated carbocycles. The molecule has 1 aromatic carbocycles. The standard InChI is InChI=1S/C16H21FN2O.C2HF3O2/c17-14-4-2-13(3-5-14)15(20)19-10-7-16(8-11-19)6-1-9-18-12-16;3-2(4,5)1(6)7/h2-5,18H,1,6-12H2;(H,6,7). The third-order valence-electron chi connectivity index (χ3n) is 5.01. The van der Waals surface area contributed by atoms with E-state index in [2.05, 4.69) is 5.32 Å². The molecule has 150 valence electrons. The topological polar surface area (TPSA) is 69.6 Å². The van der Waals surface area contributed by atoms with Gasteiger partial charge in [-0.25, -0.2) is 9.18 Å². The van der Waals surface area contributed by atoms with Crippen LogP contribution in [0.2, 0.25) is 0 Å². The van der Waals surface area contributed by atoms with E-state index in [4.69, 9.17) is 9.90 Å². The second-order valence-electron chi connectivity index (χ2n) is 6.88. The maximum Gasteiger partial charge on any atom is 0.490 e. The number of aliphatic carboxylic acids is 1. The number of nitrogens with one attached hydrogen (secondary N) is 1.